The van der Waals surface area contributed by atoms with Gasteiger partial charge in [-0.15, -0.1) is 0 Å². The largest absolute Gasteiger partial charge is 0.350 e. The zero-order valence-electron chi connectivity index (χ0n) is 13.2. The summed E-state index contributed by atoms with van der Waals surface area (Å²) in [5.41, 5.74) is 0.875. The highest BCUT2D eigenvalue weighted by Gasteiger charge is 2.17. The highest BCUT2D eigenvalue weighted by atomic mass is 19.1. The van der Waals surface area contributed by atoms with Gasteiger partial charge in [0.1, 0.15) is 11.6 Å². The Morgan fingerprint density at radius 2 is 1.83 bits per heavy atom. The van der Waals surface area contributed by atoms with Crippen LogP contribution in [0.5, 0.6) is 0 Å². The first kappa shape index (κ1) is 17.1. The minimum Gasteiger partial charge on any atom is -0.350 e. The molecular formula is C18H20F2N2O. The molecule has 0 spiro atoms. The van der Waals surface area contributed by atoms with Crippen molar-refractivity contribution < 1.29 is 13.6 Å². The molecule has 0 aliphatic carbocycles. The first-order valence-electron chi connectivity index (χ1n) is 7.41. The van der Waals surface area contributed by atoms with Gasteiger partial charge < -0.3 is 10.2 Å². The second kappa shape index (κ2) is 7.83. The van der Waals surface area contributed by atoms with Crippen LogP contribution in [-0.2, 0) is 6.42 Å². The Labute approximate surface area is 134 Å². The summed E-state index contributed by atoms with van der Waals surface area (Å²) in [7, 11) is 3.84. The molecule has 5 heteroatoms. The van der Waals surface area contributed by atoms with Crippen LogP contribution in [-0.4, -0.2) is 37.5 Å². The quantitative estimate of drug-likeness (QED) is 0.888. The molecule has 23 heavy (non-hydrogen) atoms. The van der Waals surface area contributed by atoms with Gasteiger partial charge in [0.2, 0.25) is 0 Å². The summed E-state index contributed by atoms with van der Waals surface area (Å²) >= 11 is 0. The number of hydrogen-bond donors (Lipinski definition) is 1. The summed E-state index contributed by atoms with van der Waals surface area (Å²) in [6, 6.07) is 12.8. The van der Waals surface area contributed by atoms with Gasteiger partial charge in [-0.2, -0.15) is 0 Å². The highest BCUT2D eigenvalue weighted by Crippen LogP contribution is 2.10. The van der Waals surface area contributed by atoms with E-state index in [-0.39, 0.29) is 11.6 Å². The molecule has 0 saturated heterocycles. The summed E-state index contributed by atoms with van der Waals surface area (Å²) in [4.78, 5) is 14.1. The molecule has 0 saturated carbocycles. The maximum atomic E-state index is 13.6. The molecule has 0 heterocycles. The van der Waals surface area contributed by atoms with Crippen molar-refractivity contribution in [1.29, 1.82) is 0 Å². The van der Waals surface area contributed by atoms with Gasteiger partial charge in [0.15, 0.2) is 0 Å². The Kier molecular flexibility index (Phi) is 5.82. The summed E-state index contributed by atoms with van der Waals surface area (Å²) in [5.74, 6) is -1.97. The summed E-state index contributed by atoms with van der Waals surface area (Å²) in [5, 5.41) is 2.68. The molecule has 2 aromatic carbocycles. The smallest absolute Gasteiger partial charge is 0.254 e. The number of rotatable bonds is 6. The van der Waals surface area contributed by atoms with Crippen molar-refractivity contribution in [3.63, 3.8) is 0 Å². The zero-order valence-corrected chi connectivity index (χ0v) is 13.2. The van der Waals surface area contributed by atoms with Crippen LogP contribution in [0.3, 0.4) is 0 Å². The third kappa shape index (κ3) is 4.86. The lowest BCUT2D eigenvalue weighted by atomic mass is 10.0. The number of carbonyl (C=O) groups excluding carboxylic acids is 1. The van der Waals surface area contributed by atoms with E-state index < -0.39 is 17.5 Å². The minimum atomic E-state index is -0.728. The van der Waals surface area contributed by atoms with Crippen molar-refractivity contribution in [3.8, 4) is 0 Å². The molecule has 1 amide bonds. The number of halogens is 2. The van der Waals surface area contributed by atoms with Crippen LogP contribution in [0, 0.1) is 11.6 Å². The third-order valence-electron chi connectivity index (χ3n) is 3.72. The lowest BCUT2D eigenvalue weighted by Gasteiger charge is -2.25. The van der Waals surface area contributed by atoms with Crippen LogP contribution < -0.4 is 5.32 Å². The Bertz CT molecular complexity index is 659. The van der Waals surface area contributed by atoms with Gasteiger partial charge in [0.05, 0.1) is 5.56 Å². The lowest BCUT2D eigenvalue weighted by molar-refractivity contribution is 0.0937. The van der Waals surface area contributed by atoms with E-state index in [1.807, 2.05) is 49.3 Å². The monoisotopic (exact) mass is 318 g/mol. The van der Waals surface area contributed by atoms with Gasteiger partial charge in [-0.3, -0.25) is 4.79 Å². The van der Waals surface area contributed by atoms with E-state index in [1.54, 1.807) is 0 Å². The van der Waals surface area contributed by atoms with Crippen LogP contribution in [0.4, 0.5) is 8.78 Å². The van der Waals surface area contributed by atoms with Crippen LogP contribution in [0.2, 0.25) is 0 Å². The second-order valence-electron chi connectivity index (χ2n) is 5.64. The van der Waals surface area contributed by atoms with Crippen LogP contribution >= 0.6 is 0 Å². The topological polar surface area (TPSA) is 32.3 Å². The standard InChI is InChI=1S/C18H20F2N2O/c1-22(2)15(10-13-6-4-3-5-7-13)12-21-18(23)16-11-14(19)8-9-17(16)20/h3-9,11,15H,10,12H2,1-2H3,(H,21,23)/t15-/m1/s1. The Morgan fingerprint density at radius 1 is 1.13 bits per heavy atom. The van der Waals surface area contributed by atoms with Crippen molar-refractivity contribution in [2.24, 2.45) is 0 Å². The average Bonchev–Trinajstić information content (AvgIpc) is 2.54. The van der Waals surface area contributed by atoms with Crippen LogP contribution in [0.1, 0.15) is 15.9 Å². The number of amides is 1. The van der Waals surface area contributed by atoms with Crippen molar-refractivity contribution >= 4 is 5.91 Å². The van der Waals surface area contributed by atoms with E-state index in [1.165, 1.54) is 0 Å². The van der Waals surface area contributed by atoms with E-state index in [4.69, 9.17) is 0 Å². The fourth-order valence-electron chi connectivity index (χ4n) is 2.30. The molecule has 3 nitrogen and oxygen atoms in total. The molecule has 0 aromatic heterocycles. The van der Waals surface area contributed by atoms with Gasteiger partial charge in [-0.05, 0) is 44.3 Å². The van der Waals surface area contributed by atoms with E-state index >= 15 is 0 Å². The molecule has 0 bridgehead atoms. The predicted molar refractivity (Wildman–Crippen MR) is 86.3 cm³/mol. The minimum absolute atomic E-state index is 0.0537. The van der Waals surface area contributed by atoms with E-state index in [9.17, 15) is 13.6 Å². The summed E-state index contributed by atoms with van der Waals surface area (Å²) in [6.07, 6.45) is 0.750. The third-order valence-corrected chi connectivity index (χ3v) is 3.72. The number of hydrogen-bond acceptors (Lipinski definition) is 2. The van der Waals surface area contributed by atoms with Crippen molar-refractivity contribution in [1.82, 2.24) is 10.2 Å². The maximum Gasteiger partial charge on any atom is 0.254 e. The molecule has 0 aliphatic heterocycles. The molecule has 0 radical (unpaired) electrons. The Balaban J connectivity index is 2.01. The van der Waals surface area contributed by atoms with Crippen molar-refractivity contribution in [3.05, 3.63) is 71.3 Å². The number of likely N-dealkylation sites (N-methyl/N-ethyl adjacent to an activating group) is 1. The van der Waals surface area contributed by atoms with Gasteiger partial charge in [0.25, 0.3) is 5.91 Å². The molecule has 2 aromatic rings. The predicted octanol–water partition coefficient (Wildman–Crippen LogP) is 2.87. The van der Waals surface area contributed by atoms with Gasteiger partial charge >= 0.3 is 0 Å². The van der Waals surface area contributed by atoms with Crippen molar-refractivity contribution in [2.75, 3.05) is 20.6 Å². The van der Waals surface area contributed by atoms with E-state index in [2.05, 4.69) is 5.32 Å². The molecule has 122 valence electrons. The highest BCUT2D eigenvalue weighted by molar-refractivity contribution is 5.94. The fourth-order valence-corrected chi connectivity index (χ4v) is 2.30. The molecular weight excluding hydrogens is 298 g/mol. The zero-order chi connectivity index (χ0) is 16.8. The fraction of sp³-hybridized carbons (Fsp3) is 0.278. The van der Waals surface area contributed by atoms with Crippen LogP contribution in [0.15, 0.2) is 48.5 Å². The van der Waals surface area contributed by atoms with Gasteiger partial charge in [0, 0.05) is 12.6 Å². The Hall–Kier alpha value is -2.27. The van der Waals surface area contributed by atoms with E-state index in [0.29, 0.717) is 6.54 Å². The molecule has 1 atom stereocenters. The van der Waals surface area contributed by atoms with Gasteiger partial charge in [-0.25, -0.2) is 8.78 Å². The molecule has 1 N–H and O–H groups in total. The van der Waals surface area contributed by atoms with Gasteiger partial charge in [-0.1, -0.05) is 30.3 Å². The lowest BCUT2D eigenvalue weighted by Crippen LogP contribution is -2.41. The number of nitrogens with one attached hydrogen (secondary N) is 1. The Morgan fingerprint density at radius 3 is 2.48 bits per heavy atom. The SMILES string of the molecule is CN(C)[C@@H](CNC(=O)c1cc(F)ccc1F)Cc1ccccc1. The van der Waals surface area contributed by atoms with Crippen LogP contribution in [0.25, 0.3) is 0 Å². The molecule has 2 rings (SSSR count). The molecule has 0 aliphatic rings. The molecule has 0 unspecified atom stereocenters. The second-order valence-corrected chi connectivity index (χ2v) is 5.64. The first-order valence-corrected chi connectivity index (χ1v) is 7.41. The summed E-state index contributed by atoms with van der Waals surface area (Å²) < 4.78 is 26.8. The normalized spacial score (nSPS) is 12.2. The van der Waals surface area contributed by atoms with Crippen molar-refractivity contribution in [2.45, 2.75) is 12.5 Å². The molecule has 0 fully saturated rings. The number of nitrogens with zero attached hydrogens (tertiary/aromatic N) is 1. The maximum absolute atomic E-state index is 13.6. The summed E-state index contributed by atoms with van der Waals surface area (Å²) in [6.45, 7) is 0.344. The number of carbonyl (C=O) groups is 1. The van der Waals surface area contributed by atoms with E-state index in [0.717, 1.165) is 30.2 Å². The first-order chi connectivity index (χ1) is 11.0. The average molecular weight is 318 g/mol. The number of benzene rings is 2.